The number of amides is 2. The minimum absolute atomic E-state index is 0.0679. The summed E-state index contributed by atoms with van der Waals surface area (Å²) in [5, 5.41) is 6.10. The van der Waals surface area contributed by atoms with Crippen molar-refractivity contribution in [1.82, 2.24) is 15.6 Å². The topological polar surface area (TPSA) is 54.0 Å². The molecular weight excluding hydrogens is 286 g/mol. The highest BCUT2D eigenvalue weighted by Gasteiger charge is 2.32. The second kappa shape index (κ2) is 7.77. The van der Waals surface area contributed by atoms with Crippen molar-refractivity contribution in [3.8, 4) is 0 Å². The van der Waals surface area contributed by atoms with Crippen LogP contribution in [0.15, 0.2) is 54.9 Å². The van der Waals surface area contributed by atoms with E-state index < -0.39 is 0 Å². The van der Waals surface area contributed by atoms with E-state index in [2.05, 4.69) is 27.8 Å². The molecule has 2 aromatic rings. The van der Waals surface area contributed by atoms with Crippen LogP contribution in [0.25, 0.3) is 0 Å². The lowest BCUT2D eigenvalue weighted by Crippen LogP contribution is -2.44. The van der Waals surface area contributed by atoms with E-state index in [4.69, 9.17) is 0 Å². The van der Waals surface area contributed by atoms with Crippen LogP contribution in [0.3, 0.4) is 0 Å². The van der Waals surface area contributed by atoms with E-state index in [1.54, 1.807) is 6.20 Å². The summed E-state index contributed by atoms with van der Waals surface area (Å²) in [5.41, 5.74) is 2.41. The molecule has 1 aliphatic rings. The van der Waals surface area contributed by atoms with Gasteiger partial charge in [-0.05, 0) is 48.8 Å². The first kappa shape index (κ1) is 15.5. The molecule has 1 fully saturated rings. The van der Waals surface area contributed by atoms with Crippen LogP contribution in [0.4, 0.5) is 4.79 Å². The van der Waals surface area contributed by atoms with Crippen molar-refractivity contribution in [3.05, 3.63) is 66.0 Å². The number of carbonyl (C=O) groups is 1. The predicted octanol–water partition coefficient (Wildman–Crippen LogP) is 2.94. The van der Waals surface area contributed by atoms with Crippen molar-refractivity contribution in [1.29, 1.82) is 0 Å². The largest absolute Gasteiger partial charge is 0.338 e. The quantitative estimate of drug-likeness (QED) is 0.826. The molecule has 2 N–H and O–H groups in total. The van der Waals surface area contributed by atoms with E-state index in [9.17, 15) is 4.79 Å². The summed E-state index contributed by atoms with van der Waals surface area (Å²) in [5.74, 6) is 0.624. The third-order valence-electron chi connectivity index (χ3n) is 4.23. The van der Waals surface area contributed by atoms with Gasteiger partial charge in [-0.15, -0.1) is 0 Å². The lowest BCUT2D eigenvalue weighted by Gasteiger charge is -2.19. The van der Waals surface area contributed by atoms with Gasteiger partial charge in [-0.25, -0.2) is 4.79 Å². The predicted molar refractivity (Wildman–Crippen MR) is 91.1 cm³/mol. The normalized spacial score (nSPS) is 15.0. The number of hydrogen-bond donors (Lipinski definition) is 2. The molecule has 1 atom stereocenters. The first-order valence-electron chi connectivity index (χ1n) is 8.28. The monoisotopic (exact) mass is 309 g/mol. The maximum Gasteiger partial charge on any atom is 0.315 e. The van der Waals surface area contributed by atoms with E-state index in [1.165, 1.54) is 18.4 Å². The van der Waals surface area contributed by atoms with Gasteiger partial charge in [-0.1, -0.05) is 36.4 Å². The van der Waals surface area contributed by atoms with E-state index in [0.717, 1.165) is 18.4 Å². The molecule has 4 heteroatoms. The summed E-state index contributed by atoms with van der Waals surface area (Å²) in [6.07, 6.45) is 7.73. The number of pyridine rings is 1. The van der Waals surface area contributed by atoms with Gasteiger partial charge in [-0.2, -0.15) is 0 Å². The molecule has 0 unspecified atom stereocenters. The maximum absolute atomic E-state index is 12.1. The van der Waals surface area contributed by atoms with Gasteiger partial charge in [0.15, 0.2) is 0 Å². The van der Waals surface area contributed by atoms with Crippen molar-refractivity contribution in [3.63, 3.8) is 0 Å². The zero-order valence-corrected chi connectivity index (χ0v) is 13.2. The molecule has 1 aromatic carbocycles. The molecule has 1 saturated carbocycles. The zero-order chi connectivity index (χ0) is 15.9. The Balaban J connectivity index is 1.45. The standard InChI is InChI=1S/C19H23N3O/c23-19(21-12-10-16-7-4-11-20-14-16)22-18(17-8-9-17)13-15-5-2-1-3-6-15/h1-7,11,14,17-18H,8-10,12-13H2,(H2,21,22,23)/t18-/m1/s1. The average molecular weight is 309 g/mol. The van der Waals surface area contributed by atoms with Gasteiger partial charge in [0.25, 0.3) is 0 Å². The van der Waals surface area contributed by atoms with Crippen LogP contribution in [0.5, 0.6) is 0 Å². The molecule has 1 heterocycles. The Morgan fingerprint density at radius 2 is 1.91 bits per heavy atom. The van der Waals surface area contributed by atoms with Gasteiger partial charge in [0.2, 0.25) is 0 Å². The molecule has 120 valence electrons. The van der Waals surface area contributed by atoms with Crippen molar-refractivity contribution < 1.29 is 4.79 Å². The maximum atomic E-state index is 12.1. The van der Waals surface area contributed by atoms with Crippen molar-refractivity contribution in [2.75, 3.05) is 6.54 Å². The Hall–Kier alpha value is -2.36. The fourth-order valence-corrected chi connectivity index (χ4v) is 2.79. The molecule has 0 spiro atoms. The van der Waals surface area contributed by atoms with Gasteiger partial charge in [-0.3, -0.25) is 4.98 Å². The summed E-state index contributed by atoms with van der Waals surface area (Å²) in [6.45, 7) is 0.625. The third kappa shape index (κ3) is 5.09. The first-order chi connectivity index (χ1) is 11.3. The Morgan fingerprint density at radius 3 is 2.61 bits per heavy atom. The van der Waals surface area contributed by atoms with Crippen LogP contribution in [0.2, 0.25) is 0 Å². The number of nitrogens with zero attached hydrogens (tertiary/aromatic N) is 1. The van der Waals surface area contributed by atoms with Crippen LogP contribution >= 0.6 is 0 Å². The minimum atomic E-state index is -0.0679. The van der Waals surface area contributed by atoms with E-state index >= 15 is 0 Å². The molecule has 2 amide bonds. The minimum Gasteiger partial charge on any atom is -0.338 e. The third-order valence-corrected chi connectivity index (χ3v) is 4.23. The van der Waals surface area contributed by atoms with Gasteiger partial charge >= 0.3 is 6.03 Å². The molecule has 4 nitrogen and oxygen atoms in total. The number of hydrogen-bond acceptors (Lipinski definition) is 2. The van der Waals surface area contributed by atoms with Gasteiger partial charge in [0.05, 0.1) is 0 Å². The lowest BCUT2D eigenvalue weighted by molar-refractivity contribution is 0.235. The highest BCUT2D eigenvalue weighted by Crippen LogP contribution is 2.34. The van der Waals surface area contributed by atoms with Crippen molar-refractivity contribution >= 4 is 6.03 Å². The molecule has 0 bridgehead atoms. The van der Waals surface area contributed by atoms with Gasteiger partial charge in [0.1, 0.15) is 0 Å². The number of urea groups is 1. The van der Waals surface area contributed by atoms with Crippen molar-refractivity contribution in [2.45, 2.75) is 31.7 Å². The molecule has 1 aliphatic carbocycles. The van der Waals surface area contributed by atoms with E-state index in [0.29, 0.717) is 12.5 Å². The molecule has 0 radical (unpaired) electrons. The lowest BCUT2D eigenvalue weighted by atomic mass is 10.0. The molecule has 0 saturated heterocycles. The first-order valence-corrected chi connectivity index (χ1v) is 8.28. The molecule has 0 aliphatic heterocycles. The summed E-state index contributed by atoms with van der Waals surface area (Å²) in [6, 6.07) is 14.5. The number of rotatable bonds is 7. The van der Waals surface area contributed by atoms with Crippen LogP contribution < -0.4 is 10.6 Å². The average Bonchev–Trinajstić information content (AvgIpc) is 3.41. The van der Waals surface area contributed by atoms with Crippen LogP contribution in [0, 0.1) is 5.92 Å². The van der Waals surface area contributed by atoms with Gasteiger partial charge < -0.3 is 10.6 Å². The Bertz CT molecular complexity index is 611. The number of benzene rings is 1. The Labute approximate surface area is 137 Å². The SMILES string of the molecule is O=C(NCCc1cccnc1)N[C@H](Cc1ccccc1)C1CC1. The highest BCUT2D eigenvalue weighted by atomic mass is 16.2. The summed E-state index contributed by atoms with van der Waals surface area (Å²) in [4.78, 5) is 16.2. The van der Waals surface area contributed by atoms with Gasteiger partial charge in [0, 0.05) is 25.0 Å². The molecule has 3 rings (SSSR count). The van der Waals surface area contributed by atoms with E-state index in [-0.39, 0.29) is 12.1 Å². The number of aromatic nitrogens is 1. The second-order valence-corrected chi connectivity index (χ2v) is 6.15. The summed E-state index contributed by atoms with van der Waals surface area (Å²) < 4.78 is 0. The Morgan fingerprint density at radius 1 is 1.13 bits per heavy atom. The van der Waals surface area contributed by atoms with Crippen LogP contribution in [-0.4, -0.2) is 23.6 Å². The molecule has 1 aromatic heterocycles. The number of carbonyl (C=O) groups excluding carboxylic acids is 1. The zero-order valence-electron chi connectivity index (χ0n) is 13.2. The van der Waals surface area contributed by atoms with E-state index in [1.807, 2.05) is 36.5 Å². The molecule has 23 heavy (non-hydrogen) atoms. The highest BCUT2D eigenvalue weighted by molar-refractivity contribution is 5.74. The summed E-state index contributed by atoms with van der Waals surface area (Å²) in [7, 11) is 0. The molecular formula is C19H23N3O. The smallest absolute Gasteiger partial charge is 0.315 e. The summed E-state index contributed by atoms with van der Waals surface area (Å²) >= 11 is 0. The van der Waals surface area contributed by atoms with Crippen molar-refractivity contribution in [2.24, 2.45) is 5.92 Å². The fourth-order valence-electron chi connectivity index (χ4n) is 2.79. The van der Waals surface area contributed by atoms with Crippen LogP contribution in [0.1, 0.15) is 24.0 Å². The Kier molecular flexibility index (Phi) is 5.25. The second-order valence-electron chi connectivity index (χ2n) is 6.15. The fraction of sp³-hybridized carbons (Fsp3) is 0.368. The number of nitrogens with one attached hydrogen (secondary N) is 2. The van der Waals surface area contributed by atoms with Crippen LogP contribution in [-0.2, 0) is 12.8 Å².